The van der Waals surface area contributed by atoms with Crippen molar-refractivity contribution in [2.45, 2.75) is 13.3 Å². The summed E-state index contributed by atoms with van der Waals surface area (Å²) < 4.78 is 0.952. The van der Waals surface area contributed by atoms with Gasteiger partial charge in [0.2, 0.25) is 0 Å². The second kappa shape index (κ2) is 11.5. The Morgan fingerprint density at radius 3 is 2.45 bits per heavy atom. The van der Waals surface area contributed by atoms with E-state index >= 15 is 0 Å². The zero-order chi connectivity index (χ0) is 15.7. The first kappa shape index (κ1) is 20.9. The lowest BCUT2D eigenvalue weighted by molar-refractivity contribution is 0.0953. The number of nitrogens with one attached hydrogen (secondary N) is 2. The van der Waals surface area contributed by atoms with Crippen LogP contribution in [0.1, 0.15) is 23.7 Å². The first-order chi connectivity index (χ1) is 9.99. The monoisotopic (exact) mass is 480 g/mol. The summed E-state index contributed by atoms with van der Waals surface area (Å²) in [5, 5.41) is 5.84. The minimum Gasteiger partial charge on any atom is -0.370 e. The highest BCUT2D eigenvalue weighted by molar-refractivity contribution is 14.0. The molecule has 1 rings (SSSR count). The summed E-state index contributed by atoms with van der Waals surface area (Å²) in [6.45, 7) is 7.41. The molecule has 22 heavy (non-hydrogen) atoms. The van der Waals surface area contributed by atoms with Gasteiger partial charge in [-0.05, 0) is 37.6 Å². The fraction of sp³-hybridized carbons (Fsp3) is 0.333. The molecule has 0 bridgehead atoms. The molecule has 0 radical (unpaired) electrons. The van der Waals surface area contributed by atoms with Crippen molar-refractivity contribution in [2.24, 2.45) is 10.7 Å². The van der Waals surface area contributed by atoms with E-state index in [2.05, 4.69) is 38.1 Å². The van der Waals surface area contributed by atoms with Crippen LogP contribution in [0.15, 0.2) is 45.9 Å². The topological polar surface area (TPSA) is 79.5 Å². The molecular formula is C15H22BrIN4O. The Bertz CT molecular complexity index is 517. The first-order valence-electron chi connectivity index (χ1n) is 6.71. The van der Waals surface area contributed by atoms with E-state index in [0.717, 1.165) is 16.5 Å². The zero-order valence-electron chi connectivity index (χ0n) is 12.6. The number of amides is 1. The number of rotatable bonds is 7. The number of guanidine groups is 1. The molecule has 0 atom stereocenters. The number of nitrogens with two attached hydrogens (primary N) is 1. The van der Waals surface area contributed by atoms with Crippen LogP contribution in [-0.4, -0.2) is 31.5 Å². The maximum Gasteiger partial charge on any atom is 0.251 e. The smallest absolute Gasteiger partial charge is 0.251 e. The molecule has 0 aliphatic carbocycles. The molecule has 0 saturated carbocycles. The van der Waals surface area contributed by atoms with Crippen molar-refractivity contribution < 1.29 is 4.79 Å². The van der Waals surface area contributed by atoms with Crippen molar-refractivity contribution >= 4 is 51.8 Å². The van der Waals surface area contributed by atoms with Crippen molar-refractivity contribution in [1.82, 2.24) is 10.6 Å². The van der Waals surface area contributed by atoms with Crippen LogP contribution in [-0.2, 0) is 0 Å². The van der Waals surface area contributed by atoms with Crippen molar-refractivity contribution in [3.05, 3.63) is 46.5 Å². The molecule has 0 fully saturated rings. The molecule has 0 aliphatic rings. The van der Waals surface area contributed by atoms with Gasteiger partial charge in [-0.1, -0.05) is 28.1 Å². The van der Waals surface area contributed by atoms with Crippen LogP contribution in [0.4, 0.5) is 0 Å². The molecule has 0 spiro atoms. The van der Waals surface area contributed by atoms with Crippen molar-refractivity contribution in [1.29, 1.82) is 0 Å². The van der Waals surface area contributed by atoms with Gasteiger partial charge in [-0.25, -0.2) is 4.99 Å². The molecule has 5 nitrogen and oxygen atoms in total. The summed E-state index contributed by atoms with van der Waals surface area (Å²) in [6, 6.07) is 7.24. The van der Waals surface area contributed by atoms with Crippen molar-refractivity contribution in [3.8, 4) is 0 Å². The number of carbonyl (C=O) groups is 1. The molecule has 4 N–H and O–H groups in total. The van der Waals surface area contributed by atoms with E-state index in [1.54, 1.807) is 12.1 Å². The van der Waals surface area contributed by atoms with Crippen molar-refractivity contribution in [2.75, 3.05) is 19.6 Å². The number of nitrogens with zero attached hydrogens (tertiary/aromatic N) is 1. The summed E-state index contributed by atoms with van der Waals surface area (Å²) in [5.74, 6) is 0.323. The van der Waals surface area contributed by atoms with Crippen LogP contribution in [0.2, 0.25) is 0 Å². The molecule has 1 aromatic carbocycles. The van der Waals surface area contributed by atoms with Gasteiger partial charge < -0.3 is 16.4 Å². The molecule has 1 aromatic rings. The number of benzene rings is 1. The number of hydrogen-bond acceptors (Lipinski definition) is 2. The van der Waals surface area contributed by atoms with Gasteiger partial charge in [-0.2, -0.15) is 0 Å². The Balaban J connectivity index is 0.00000441. The molecule has 0 unspecified atom stereocenters. The predicted octanol–water partition coefficient (Wildman–Crippen LogP) is 2.67. The van der Waals surface area contributed by atoms with Crippen LogP contribution < -0.4 is 16.4 Å². The summed E-state index contributed by atoms with van der Waals surface area (Å²) in [7, 11) is 0. The molecular weight excluding hydrogens is 459 g/mol. The normalized spacial score (nSPS) is 10.5. The third-order valence-electron chi connectivity index (χ3n) is 2.57. The first-order valence-corrected chi connectivity index (χ1v) is 7.50. The predicted molar refractivity (Wildman–Crippen MR) is 106 cm³/mol. The van der Waals surface area contributed by atoms with Gasteiger partial charge >= 0.3 is 0 Å². The molecule has 122 valence electrons. The van der Waals surface area contributed by atoms with Gasteiger partial charge in [0.15, 0.2) is 5.96 Å². The number of halogens is 2. The summed E-state index contributed by atoms with van der Waals surface area (Å²) in [4.78, 5) is 15.9. The average molecular weight is 481 g/mol. The van der Waals surface area contributed by atoms with Gasteiger partial charge in [0, 0.05) is 23.1 Å². The second-order valence-corrected chi connectivity index (χ2v) is 5.62. The van der Waals surface area contributed by atoms with Crippen LogP contribution in [0.25, 0.3) is 0 Å². The van der Waals surface area contributed by atoms with Crippen LogP contribution in [0.5, 0.6) is 0 Å². The third kappa shape index (κ3) is 9.04. The summed E-state index contributed by atoms with van der Waals surface area (Å²) in [5.41, 5.74) is 7.28. The van der Waals surface area contributed by atoms with E-state index in [-0.39, 0.29) is 29.9 Å². The molecule has 0 heterocycles. The molecule has 0 saturated heterocycles. The minimum atomic E-state index is -0.0774. The lowest BCUT2D eigenvalue weighted by Gasteiger charge is -2.07. The van der Waals surface area contributed by atoms with Crippen molar-refractivity contribution in [3.63, 3.8) is 0 Å². The third-order valence-corrected chi connectivity index (χ3v) is 3.10. The Morgan fingerprint density at radius 2 is 1.86 bits per heavy atom. The molecule has 0 aliphatic heterocycles. The fourth-order valence-corrected chi connectivity index (χ4v) is 1.75. The Morgan fingerprint density at radius 1 is 1.27 bits per heavy atom. The Hall–Kier alpha value is -1.09. The maximum absolute atomic E-state index is 11.8. The van der Waals surface area contributed by atoms with Gasteiger partial charge in [0.25, 0.3) is 5.91 Å². The zero-order valence-corrected chi connectivity index (χ0v) is 16.5. The van der Waals surface area contributed by atoms with E-state index in [9.17, 15) is 4.79 Å². The van der Waals surface area contributed by atoms with E-state index < -0.39 is 0 Å². The van der Waals surface area contributed by atoms with E-state index in [4.69, 9.17) is 5.73 Å². The van der Waals surface area contributed by atoms with Crippen LogP contribution >= 0.6 is 39.9 Å². The van der Waals surface area contributed by atoms with Gasteiger partial charge in [0.05, 0.1) is 6.54 Å². The Kier molecular flexibility index (Phi) is 10.9. The van der Waals surface area contributed by atoms with E-state index in [1.165, 1.54) is 0 Å². The number of aliphatic imine (C=N–C) groups is 1. The van der Waals surface area contributed by atoms with Crippen LogP contribution in [0, 0.1) is 0 Å². The largest absolute Gasteiger partial charge is 0.370 e. The van der Waals surface area contributed by atoms with Crippen LogP contribution in [0.3, 0.4) is 0 Å². The molecule has 7 heteroatoms. The van der Waals surface area contributed by atoms with E-state index in [1.807, 2.05) is 19.1 Å². The highest BCUT2D eigenvalue weighted by Crippen LogP contribution is 2.10. The number of carbonyl (C=O) groups excluding carboxylic acids is 1. The quantitative estimate of drug-likeness (QED) is 0.184. The summed E-state index contributed by atoms with van der Waals surface area (Å²) >= 11 is 3.33. The van der Waals surface area contributed by atoms with Gasteiger partial charge in [0.1, 0.15) is 0 Å². The highest BCUT2D eigenvalue weighted by Gasteiger charge is 2.03. The van der Waals surface area contributed by atoms with Gasteiger partial charge in [-0.3, -0.25) is 4.79 Å². The SMILES string of the molecule is C=C(C)CN=C(N)NCCCNC(=O)c1ccc(Br)cc1.I. The second-order valence-electron chi connectivity index (χ2n) is 4.70. The maximum atomic E-state index is 11.8. The molecule has 1 amide bonds. The average Bonchev–Trinajstić information content (AvgIpc) is 2.45. The number of hydrogen-bond donors (Lipinski definition) is 3. The Labute approximate surface area is 157 Å². The van der Waals surface area contributed by atoms with Gasteiger partial charge in [-0.15, -0.1) is 24.0 Å². The summed E-state index contributed by atoms with van der Waals surface area (Å²) in [6.07, 6.45) is 0.769. The highest BCUT2D eigenvalue weighted by atomic mass is 127. The lowest BCUT2D eigenvalue weighted by Crippen LogP contribution is -2.34. The van der Waals surface area contributed by atoms with E-state index in [0.29, 0.717) is 31.2 Å². The fourth-order valence-electron chi connectivity index (χ4n) is 1.49. The minimum absolute atomic E-state index is 0. The molecule has 0 aromatic heterocycles. The standard InChI is InChI=1S/C15H21BrN4O.HI/c1-11(2)10-20-15(17)19-9-3-8-18-14(21)12-4-6-13(16)7-5-12;/h4-7H,1,3,8-10H2,2H3,(H,18,21)(H3,17,19,20);1H. The lowest BCUT2D eigenvalue weighted by atomic mass is 10.2.